The summed E-state index contributed by atoms with van der Waals surface area (Å²) in [7, 11) is -0.819. The van der Waals surface area contributed by atoms with Gasteiger partial charge in [-0.3, -0.25) is 4.98 Å². The zero-order valence-corrected chi connectivity index (χ0v) is 24.1. The quantitative estimate of drug-likeness (QED) is 0.210. The lowest BCUT2D eigenvalue weighted by atomic mass is 10.3. The molecule has 1 N–H and O–H groups in total. The molecule has 0 atom stereocenters. The van der Waals surface area contributed by atoms with E-state index in [2.05, 4.69) is 124 Å². The van der Waals surface area contributed by atoms with Gasteiger partial charge in [0.1, 0.15) is 0 Å². The molecule has 0 saturated heterocycles. The minimum atomic E-state index is -0.731. The van der Waals surface area contributed by atoms with Gasteiger partial charge in [-0.2, -0.15) is 0 Å². The van der Waals surface area contributed by atoms with Crippen LogP contribution in [0.1, 0.15) is 39.1 Å². The number of anilines is 1. The van der Waals surface area contributed by atoms with Crippen LogP contribution in [0.2, 0.25) is 5.02 Å². The van der Waals surface area contributed by atoms with Crippen LogP contribution in [0.4, 0.5) is 5.69 Å². The first kappa shape index (κ1) is 26.8. The highest BCUT2D eigenvalue weighted by Gasteiger charge is 2.20. The number of halogens is 1. The molecule has 4 aromatic rings. The van der Waals surface area contributed by atoms with E-state index in [1.807, 2.05) is 6.07 Å². The van der Waals surface area contributed by atoms with Gasteiger partial charge < -0.3 is 5.32 Å². The van der Waals surface area contributed by atoms with Gasteiger partial charge in [0.25, 0.3) is 0 Å². The summed E-state index contributed by atoms with van der Waals surface area (Å²) in [5.74, 6) is 0. The number of hydrogen-bond acceptors (Lipinski definition) is 2. The number of nitrogens with zero attached hydrogens (tertiary/aromatic N) is 1. The fourth-order valence-corrected chi connectivity index (χ4v) is 9.52. The van der Waals surface area contributed by atoms with Crippen LogP contribution in [0.15, 0.2) is 97.1 Å². The van der Waals surface area contributed by atoms with Gasteiger partial charge in [0.2, 0.25) is 0 Å². The molecule has 0 amide bonds. The summed E-state index contributed by atoms with van der Waals surface area (Å²) in [6.45, 7) is 10.0. The van der Waals surface area contributed by atoms with E-state index in [-0.39, 0.29) is 7.92 Å². The van der Waals surface area contributed by atoms with Crippen LogP contribution in [-0.4, -0.2) is 16.3 Å². The normalized spacial score (nSPS) is 11.6. The molecule has 1 heterocycles. The maximum absolute atomic E-state index is 6.49. The lowest BCUT2D eigenvalue weighted by Gasteiger charge is -2.25. The van der Waals surface area contributed by atoms with Crippen LogP contribution in [0.5, 0.6) is 0 Å². The van der Waals surface area contributed by atoms with Crippen molar-refractivity contribution < 1.29 is 0 Å². The average Bonchev–Trinajstić information content (AvgIpc) is 2.88. The maximum atomic E-state index is 6.49. The van der Waals surface area contributed by atoms with Crippen molar-refractivity contribution in [3.63, 3.8) is 0 Å². The summed E-state index contributed by atoms with van der Waals surface area (Å²) in [5, 5.41) is 8.33. The van der Waals surface area contributed by atoms with E-state index < -0.39 is 7.92 Å². The molecule has 0 unspecified atom stereocenters. The Morgan fingerprint density at radius 1 is 0.722 bits per heavy atom. The fraction of sp³-hybridized carbons (Fsp3) is 0.258. The summed E-state index contributed by atoms with van der Waals surface area (Å²) in [5.41, 5.74) is 4.73. The number of aromatic nitrogens is 1. The first-order chi connectivity index (χ1) is 17.4. The number of hydrogen-bond donors (Lipinski definition) is 1. The molecule has 0 aliphatic carbocycles. The summed E-state index contributed by atoms with van der Waals surface area (Å²) >= 11 is 6.49. The van der Waals surface area contributed by atoms with Crippen molar-refractivity contribution in [3.05, 3.63) is 113 Å². The molecule has 0 fully saturated rings. The molecule has 186 valence electrons. The van der Waals surface area contributed by atoms with Crippen LogP contribution in [0, 0.1) is 0 Å². The molecular formula is C31H35ClN2P2. The second-order valence-electron chi connectivity index (χ2n) is 9.50. The molecule has 0 aliphatic rings. The number of benzene rings is 3. The number of nitrogens with one attached hydrogen (secondary N) is 1. The van der Waals surface area contributed by atoms with Crippen LogP contribution in [0.3, 0.4) is 0 Å². The molecule has 3 aromatic carbocycles. The Kier molecular flexibility index (Phi) is 9.55. The van der Waals surface area contributed by atoms with E-state index >= 15 is 0 Å². The largest absolute Gasteiger partial charge is 0.379 e. The van der Waals surface area contributed by atoms with E-state index in [4.69, 9.17) is 16.6 Å². The Bertz CT molecular complexity index is 1200. The van der Waals surface area contributed by atoms with Gasteiger partial charge in [-0.25, -0.2) is 0 Å². The third-order valence-electron chi connectivity index (χ3n) is 6.22. The molecule has 0 bridgehead atoms. The van der Waals surface area contributed by atoms with E-state index in [1.165, 1.54) is 21.6 Å². The van der Waals surface area contributed by atoms with E-state index in [0.29, 0.717) is 17.9 Å². The molecule has 0 saturated carbocycles. The van der Waals surface area contributed by atoms with Gasteiger partial charge >= 0.3 is 0 Å². The molecule has 5 heteroatoms. The Morgan fingerprint density at radius 2 is 1.31 bits per heavy atom. The van der Waals surface area contributed by atoms with Crippen molar-refractivity contribution in [1.29, 1.82) is 0 Å². The lowest BCUT2D eigenvalue weighted by Crippen LogP contribution is -2.23. The zero-order chi connectivity index (χ0) is 25.5. The van der Waals surface area contributed by atoms with Crippen LogP contribution >= 0.6 is 27.4 Å². The highest BCUT2D eigenvalue weighted by molar-refractivity contribution is 7.80. The van der Waals surface area contributed by atoms with Gasteiger partial charge in [0.15, 0.2) is 0 Å². The molecule has 0 radical (unpaired) electrons. The molecule has 4 rings (SSSR count). The van der Waals surface area contributed by atoms with Crippen molar-refractivity contribution >= 4 is 49.0 Å². The van der Waals surface area contributed by atoms with E-state index in [0.717, 1.165) is 22.6 Å². The number of pyridine rings is 1. The zero-order valence-electron chi connectivity index (χ0n) is 21.5. The van der Waals surface area contributed by atoms with Gasteiger partial charge in [-0.15, -0.1) is 0 Å². The smallest absolute Gasteiger partial charge is 0.0598 e. The van der Waals surface area contributed by atoms with E-state index in [9.17, 15) is 0 Å². The second kappa shape index (κ2) is 12.8. The summed E-state index contributed by atoms with van der Waals surface area (Å²) in [6.07, 6.45) is 1.08. The first-order valence-electron chi connectivity index (χ1n) is 12.6. The predicted molar refractivity (Wildman–Crippen MR) is 163 cm³/mol. The van der Waals surface area contributed by atoms with Crippen molar-refractivity contribution in [3.8, 4) is 0 Å². The van der Waals surface area contributed by atoms with Crippen LogP contribution in [-0.2, 0) is 12.7 Å². The van der Waals surface area contributed by atoms with Crippen LogP contribution in [0.25, 0.3) is 0 Å². The standard InChI is InChI=1S/C31H35ClN2P2/c1-23(2)35(24(3)4)22-27-13-11-12-26(34-27)21-33-30-20-25(32)18-19-31(30)36(28-14-7-5-8-15-28)29-16-9-6-10-17-29/h5-20,23-24,33H,21-22H2,1-4H3. The number of rotatable bonds is 10. The summed E-state index contributed by atoms with van der Waals surface area (Å²) in [4.78, 5) is 5.03. The predicted octanol–water partition coefficient (Wildman–Crippen LogP) is 7.90. The van der Waals surface area contributed by atoms with Gasteiger partial charge in [0.05, 0.1) is 12.2 Å². The highest BCUT2D eigenvalue weighted by atomic mass is 35.5. The molecule has 0 spiro atoms. The third kappa shape index (κ3) is 6.95. The maximum Gasteiger partial charge on any atom is 0.0598 e. The summed E-state index contributed by atoms with van der Waals surface area (Å²) in [6, 6.07) is 34.2. The molecular weight excluding hydrogens is 498 g/mol. The Labute approximate surface area is 224 Å². The van der Waals surface area contributed by atoms with Crippen molar-refractivity contribution in [2.75, 3.05) is 5.32 Å². The minimum Gasteiger partial charge on any atom is -0.379 e. The molecule has 1 aromatic heterocycles. The SMILES string of the molecule is CC(C)P(Cc1cccc(CNc2cc(Cl)ccc2P(c2ccccc2)c2ccccc2)n1)C(C)C. The highest BCUT2D eigenvalue weighted by Crippen LogP contribution is 2.48. The molecule has 36 heavy (non-hydrogen) atoms. The Hall–Kier alpha value is -2.24. The third-order valence-corrected chi connectivity index (χ3v) is 12.3. The topological polar surface area (TPSA) is 24.9 Å². The monoisotopic (exact) mass is 532 g/mol. The van der Waals surface area contributed by atoms with Crippen LogP contribution < -0.4 is 21.2 Å². The van der Waals surface area contributed by atoms with Gasteiger partial charge in [-0.1, -0.05) is 120 Å². The van der Waals surface area contributed by atoms with Crippen molar-refractivity contribution in [1.82, 2.24) is 4.98 Å². The molecule has 0 aliphatic heterocycles. The van der Waals surface area contributed by atoms with Gasteiger partial charge in [-0.05, 0) is 54.1 Å². The summed E-state index contributed by atoms with van der Waals surface area (Å²) < 4.78 is 0. The fourth-order valence-electron chi connectivity index (χ4n) is 4.48. The Morgan fingerprint density at radius 3 is 1.89 bits per heavy atom. The van der Waals surface area contributed by atoms with E-state index in [1.54, 1.807) is 0 Å². The van der Waals surface area contributed by atoms with Crippen molar-refractivity contribution in [2.45, 2.75) is 51.7 Å². The molecule has 2 nitrogen and oxygen atoms in total. The lowest BCUT2D eigenvalue weighted by molar-refractivity contribution is 0.967. The minimum absolute atomic E-state index is 0.0879. The average molecular weight is 533 g/mol. The Balaban J connectivity index is 1.62. The first-order valence-corrected chi connectivity index (χ1v) is 15.9. The van der Waals surface area contributed by atoms with Gasteiger partial charge in [0, 0.05) is 27.9 Å². The second-order valence-corrected chi connectivity index (χ2v) is 15.5. The van der Waals surface area contributed by atoms with Crippen molar-refractivity contribution in [2.24, 2.45) is 0 Å².